The molecule has 0 aliphatic rings. The average molecular weight is 321 g/mol. The van der Waals surface area contributed by atoms with E-state index >= 15 is 0 Å². The molecule has 4 nitrogen and oxygen atoms in total. The van der Waals surface area contributed by atoms with E-state index in [1.807, 2.05) is 61.7 Å². The molecule has 24 heavy (non-hydrogen) atoms. The van der Waals surface area contributed by atoms with Gasteiger partial charge < -0.3 is 5.32 Å². The van der Waals surface area contributed by atoms with Crippen LogP contribution in [0.2, 0.25) is 0 Å². The molecule has 3 rings (SSSR count). The molecular formula is C20H23N3O. The van der Waals surface area contributed by atoms with E-state index in [9.17, 15) is 4.79 Å². The lowest BCUT2D eigenvalue weighted by atomic mass is 10.1. The van der Waals surface area contributed by atoms with Crippen LogP contribution in [0.25, 0.3) is 5.65 Å². The zero-order valence-corrected chi connectivity index (χ0v) is 14.7. The minimum atomic E-state index is -0.104. The van der Waals surface area contributed by atoms with Crippen LogP contribution in [0.3, 0.4) is 0 Å². The first-order valence-corrected chi connectivity index (χ1v) is 8.36. The number of benzene rings is 1. The van der Waals surface area contributed by atoms with Gasteiger partial charge in [-0.15, -0.1) is 0 Å². The highest BCUT2D eigenvalue weighted by Gasteiger charge is 2.20. The maximum atomic E-state index is 13.0. The maximum absolute atomic E-state index is 13.0. The third-order valence-corrected chi connectivity index (χ3v) is 4.28. The molecule has 124 valence electrons. The Labute approximate surface area is 142 Å². The molecule has 0 saturated carbocycles. The molecule has 0 radical (unpaired) electrons. The van der Waals surface area contributed by atoms with Gasteiger partial charge in [-0.3, -0.25) is 9.20 Å². The van der Waals surface area contributed by atoms with E-state index in [0.29, 0.717) is 5.69 Å². The largest absolute Gasteiger partial charge is 0.320 e. The molecule has 0 saturated heterocycles. The highest BCUT2D eigenvalue weighted by molar-refractivity contribution is 6.05. The number of carbonyl (C=O) groups is 1. The SMILES string of the molecule is CCCc1nc2cc(C)ccn2c1C(=O)Nc1c(C)cccc1C. The predicted octanol–water partition coefficient (Wildman–Crippen LogP) is 4.46. The van der Waals surface area contributed by atoms with Gasteiger partial charge in [-0.1, -0.05) is 31.5 Å². The van der Waals surface area contributed by atoms with E-state index < -0.39 is 0 Å². The van der Waals surface area contributed by atoms with Crippen molar-refractivity contribution in [2.75, 3.05) is 5.32 Å². The fourth-order valence-electron chi connectivity index (χ4n) is 3.03. The third-order valence-electron chi connectivity index (χ3n) is 4.28. The molecule has 1 N–H and O–H groups in total. The molecule has 0 aliphatic heterocycles. The lowest BCUT2D eigenvalue weighted by molar-refractivity contribution is 0.102. The van der Waals surface area contributed by atoms with E-state index in [0.717, 1.165) is 46.6 Å². The summed E-state index contributed by atoms with van der Waals surface area (Å²) >= 11 is 0. The predicted molar refractivity (Wildman–Crippen MR) is 97.8 cm³/mol. The van der Waals surface area contributed by atoms with Gasteiger partial charge in [0.2, 0.25) is 0 Å². The van der Waals surface area contributed by atoms with Gasteiger partial charge in [-0.05, 0) is 56.0 Å². The van der Waals surface area contributed by atoms with Crippen LogP contribution in [0.1, 0.15) is 46.2 Å². The molecule has 0 fully saturated rings. The highest BCUT2D eigenvalue weighted by atomic mass is 16.2. The zero-order chi connectivity index (χ0) is 17.3. The molecule has 0 bridgehead atoms. The van der Waals surface area contributed by atoms with Crippen LogP contribution in [0, 0.1) is 20.8 Å². The summed E-state index contributed by atoms with van der Waals surface area (Å²) in [5.41, 5.74) is 6.45. The monoisotopic (exact) mass is 321 g/mol. The van der Waals surface area contributed by atoms with Crippen LogP contribution in [0.4, 0.5) is 5.69 Å². The topological polar surface area (TPSA) is 46.4 Å². The first-order chi connectivity index (χ1) is 11.5. The van der Waals surface area contributed by atoms with Crippen LogP contribution in [-0.2, 0) is 6.42 Å². The Morgan fingerprint density at radius 3 is 2.54 bits per heavy atom. The van der Waals surface area contributed by atoms with Crippen molar-refractivity contribution in [1.82, 2.24) is 9.38 Å². The van der Waals surface area contributed by atoms with Gasteiger partial charge >= 0.3 is 0 Å². The van der Waals surface area contributed by atoms with E-state index in [4.69, 9.17) is 0 Å². The van der Waals surface area contributed by atoms with E-state index in [-0.39, 0.29) is 5.91 Å². The van der Waals surface area contributed by atoms with Crippen molar-refractivity contribution in [3.8, 4) is 0 Å². The Balaban J connectivity index is 2.07. The molecule has 0 spiro atoms. The van der Waals surface area contributed by atoms with Gasteiger partial charge in [0.1, 0.15) is 11.3 Å². The third kappa shape index (κ3) is 2.92. The van der Waals surface area contributed by atoms with Crippen molar-refractivity contribution in [2.45, 2.75) is 40.5 Å². The normalized spacial score (nSPS) is 11.0. The second kappa shape index (κ2) is 6.48. The minimum Gasteiger partial charge on any atom is -0.320 e. The van der Waals surface area contributed by atoms with Crippen molar-refractivity contribution in [3.63, 3.8) is 0 Å². The van der Waals surface area contributed by atoms with Gasteiger partial charge in [0, 0.05) is 11.9 Å². The number of hydrogen-bond donors (Lipinski definition) is 1. The number of nitrogens with one attached hydrogen (secondary N) is 1. The van der Waals surface area contributed by atoms with Gasteiger partial charge in [0.15, 0.2) is 0 Å². The number of aryl methyl sites for hydroxylation is 4. The summed E-state index contributed by atoms with van der Waals surface area (Å²) < 4.78 is 1.89. The zero-order valence-electron chi connectivity index (χ0n) is 14.7. The number of para-hydroxylation sites is 1. The van der Waals surface area contributed by atoms with Crippen LogP contribution in [0.5, 0.6) is 0 Å². The summed E-state index contributed by atoms with van der Waals surface area (Å²) in [5.74, 6) is -0.104. The van der Waals surface area contributed by atoms with E-state index in [2.05, 4.69) is 17.2 Å². The molecule has 0 unspecified atom stereocenters. The molecule has 0 aliphatic carbocycles. The summed E-state index contributed by atoms with van der Waals surface area (Å²) in [7, 11) is 0. The van der Waals surface area contributed by atoms with Crippen molar-refractivity contribution >= 4 is 17.2 Å². The van der Waals surface area contributed by atoms with E-state index in [1.54, 1.807) is 0 Å². The van der Waals surface area contributed by atoms with Crippen LogP contribution in [0.15, 0.2) is 36.5 Å². The first kappa shape index (κ1) is 16.2. The second-order valence-electron chi connectivity index (χ2n) is 6.31. The lowest BCUT2D eigenvalue weighted by Crippen LogP contribution is -2.17. The maximum Gasteiger partial charge on any atom is 0.274 e. The number of rotatable bonds is 4. The Morgan fingerprint density at radius 1 is 1.17 bits per heavy atom. The van der Waals surface area contributed by atoms with Crippen molar-refractivity contribution in [1.29, 1.82) is 0 Å². The standard InChI is InChI=1S/C20H23N3O/c1-5-7-16-19(23-11-10-13(2)12-17(23)21-16)20(24)22-18-14(3)8-6-9-15(18)4/h6,8-12H,5,7H2,1-4H3,(H,22,24). The second-order valence-corrected chi connectivity index (χ2v) is 6.31. The number of fused-ring (bicyclic) bond motifs is 1. The number of pyridine rings is 1. The van der Waals surface area contributed by atoms with Gasteiger partial charge in [0.05, 0.1) is 5.69 Å². The number of hydrogen-bond acceptors (Lipinski definition) is 2. The molecule has 0 atom stereocenters. The molecule has 3 aromatic rings. The quantitative estimate of drug-likeness (QED) is 0.771. The molecular weight excluding hydrogens is 298 g/mol. The van der Waals surface area contributed by atoms with Gasteiger partial charge in [0.25, 0.3) is 5.91 Å². The number of anilines is 1. The van der Waals surface area contributed by atoms with Gasteiger partial charge in [-0.2, -0.15) is 0 Å². The van der Waals surface area contributed by atoms with Crippen LogP contribution >= 0.6 is 0 Å². The summed E-state index contributed by atoms with van der Waals surface area (Å²) in [5, 5.41) is 3.09. The van der Waals surface area contributed by atoms with Crippen molar-refractivity contribution in [3.05, 3.63) is 64.6 Å². The Bertz CT molecular complexity index is 888. The number of carbonyl (C=O) groups excluding carboxylic acids is 1. The van der Waals surface area contributed by atoms with Crippen molar-refractivity contribution < 1.29 is 4.79 Å². The Hall–Kier alpha value is -2.62. The number of nitrogens with zero attached hydrogens (tertiary/aromatic N) is 2. The Kier molecular flexibility index (Phi) is 4.38. The number of aromatic nitrogens is 2. The van der Waals surface area contributed by atoms with Crippen LogP contribution in [-0.4, -0.2) is 15.3 Å². The summed E-state index contributed by atoms with van der Waals surface area (Å²) in [6.07, 6.45) is 3.67. The average Bonchev–Trinajstić information content (AvgIpc) is 2.88. The number of imidazole rings is 1. The minimum absolute atomic E-state index is 0.104. The van der Waals surface area contributed by atoms with Crippen LogP contribution < -0.4 is 5.32 Å². The smallest absolute Gasteiger partial charge is 0.274 e. The van der Waals surface area contributed by atoms with Crippen molar-refractivity contribution in [2.24, 2.45) is 0 Å². The Morgan fingerprint density at radius 2 is 1.88 bits per heavy atom. The summed E-state index contributed by atoms with van der Waals surface area (Å²) in [4.78, 5) is 17.7. The number of amides is 1. The van der Waals surface area contributed by atoms with E-state index in [1.165, 1.54) is 0 Å². The first-order valence-electron chi connectivity index (χ1n) is 8.36. The summed E-state index contributed by atoms with van der Waals surface area (Å²) in [6, 6.07) is 10.0. The fourth-order valence-corrected chi connectivity index (χ4v) is 3.03. The molecule has 1 amide bonds. The highest BCUT2D eigenvalue weighted by Crippen LogP contribution is 2.22. The van der Waals surface area contributed by atoms with Gasteiger partial charge in [-0.25, -0.2) is 4.98 Å². The fraction of sp³-hybridized carbons (Fsp3) is 0.300. The molecule has 4 heteroatoms. The lowest BCUT2D eigenvalue weighted by Gasteiger charge is -2.12. The molecule has 1 aromatic carbocycles. The molecule has 2 heterocycles. The summed E-state index contributed by atoms with van der Waals surface area (Å²) in [6.45, 7) is 8.15. The molecule has 2 aromatic heterocycles.